The Labute approximate surface area is 93.1 Å². The highest BCUT2D eigenvalue weighted by Gasteiger charge is 2.34. The molecule has 2 fully saturated rings. The van der Waals surface area contributed by atoms with E-state index in [1.807, 2.05) is 0 Å². The molecule has 2 aliphatic heterocycles. The van der Waals surface area contributed by atoms with Crippen molar-refractivity contribution in [3.63, 3.8) is 0 Å². The summed E-state index contributed by atoms with van der Waals surface area (Å²) in [5.41, 5.74) is 0. The second-order valence-corrected chi connectivity index (χ2v) is 5.39. The average Bonchev–Trinajstić information content (AvgIpc) is 2.17. The molecule has 0 aromatic carbocycles. The normalized spacial score (nSPS) is 35.4. The van der Waals surface area contributed by atoms with Gasteiger partial charge in [-0.3, -0.25) is 4.90 Å². The third-order valence-electron chi connectivity index (χ3n) is 3.99. The molecule has 1 N–H and O–H groups in total. The van der Waals surface area contributed by atoms with E-state index in [0.717, 1.165) is 18.3 Å². The molecule has 2 bridgehead atoms. The molecule has 2 saturated heterocycles. The Bertz CT molecular complexity index is 188. The summed E-state index contributed by atoms with van der Waals surface area (Å²) in [4.78, 5) is 4.99. The molecule has 3 nitrogen and oxygen atoms in total. The van der Waals surface area contributed by atoms with Crippen LogP contribution in [-0.4, -0.2) is 60.8 Å². The van der Waals surface area contributed by atoms with Gasteiger partial charge in [-0.2, -0.15) is 0 Å². The van der Waals surface area contributed by atoms with E-state index in [4.69, 9.17) is 0 Å². The number of aliphatic hydroxyl groups is 1. The minimum atomic E-state index is 0.325. The van der Waals surface area contributed by atoms with E-state index in [2.05, 4.69) is 23.8 Å². The molecule has 0 amide bonds. The SMILES string of the molecule is CC[C@H](CO)N1CC2C[C@@H](CN(C)C2)C1. The van der Waals surface area contributed by atoms with Crippen LogP contribution in [0.25, 0.3) is 0 Å². The maximum atomic E-state index is 9.34. The van der Waals surface area contributed by atoms with Crippen LogP contribution in [0, 0.1) is 11.8 Å². The molecule has 0 aromatic heterocycles. The standard InChI is InChI=1S/C12H24N2O/c1-3-12(9-15)14-7-10-4-11(8-14)6-13(2)5-10/h10-12,15H,3-9H2,1-2H3/t10-,11?,12+/m0/s1. The topological polar surface area (TPSA) is 26.7 Å². The molecule has 88 valence electrons. The van der Waals surface area contributed by atoms with E-state index in [1.165, 1.54) is 32.6 Å². The Morgan fingerprint density at radius 3 is 2.27 bits per heavy atom. The maximum absolute atomic E-state index is 9.34. The van der Waals surface area contributed by atoms with E-state index < -0.39 is 0 Å². The second-order valence-electron chi connectivity index (χ2n) is 5.39. The number of aliphatic hydroxyl groups excluding tert-OH is 1. The summed E-state index contributed by atoms with van der Waals surface area (Å²) < 4.78 is 0. The summed E-state index contributed by atoms with van der Waals surface area (Å²) in [6.07, 6.45) is 2.48. The third-order valence-corrected chi connectivity index (χ3v) is 3.99. The number of fused-ring (bicyclic) bond motifs is 2. The summed E-state index contributed by atoms with van der Waals surface area (Å²) in [6, 6.07) is 0.402. The van der Waals surface area contributed by atoms with Gasteiger partial charge in [0.05, 0.1) is 6.61 Å². The van der Waals surface area contributed by atoms with Crippen molar-refractivity contribution < 1.29 is 5.11 Å². The van der Waals surface area contributed by atoms with Crippen LogP contribution in [0.1, 0.15) is 19.8 Å². The summed E-state index contributed by atoms with van der Waals surface area (Å²) in [6.45, 7) is 7.38. The van der Waals surface area contributed by atoms with E-state index >= 15 is 0 Å². The average molecular weight is 212 g/mol. The van der Waals surface area contributed by atoms with Crippen molar-refractivity contribution in [3.8, 4) is 0 Å². The van der Waals surface area contributed by atoms with Gasteiger partial charge < -0.3 is 10.0 Å². The second kappa shape index (κ2) is 4.81. The maximum Gasteiger partial charge on any atom is 0.0586 e. The Hall–Kier alpha value is -0.120. The zero-order valence-electron chi connectivity index (χ0n) is 10.0. The van der Waals surface area contributed by atoms with Crippen molar-refractivity contribution in [1.82, 2.24) is 9.80 Å². The van der Waals surface area contributed by atoms with Crippen LogP contribution < -0.4 is 0 Å². The van der Waals surface area contributed by atoms with E-state index in [-0.39, 0.29) is 0 Å². The fourth-order valence-corrected chi connectivity index (χ4v) is 3.38. The highest BCUT2D eigenvalue weighted by Crippen LogP contribution is 2.29. The zero-order valence-corrected chi connectivity index (χ0v) is 10.0. The molecule has 3 heteroatoms. The van der Waals surface area contributed by atoms with Crippen LogP contribution >= 0.6 is 0 Å². The largest absolute Gasteiger partial charge is 0.395 e. The Morgan fingerprint density at radius 2 is 1.80 bits per heavy atom. The van der Waals surface area contributed by atoms with Crippen LogP contribution in [0.5, 0.6) is 0 Å². The van der Waals surface area contributed by atoms with Gasteiger partial charge in [0.25, 0.3) is 0 Å². The van der Waals surface area contributed by atoms with E-state index in [1.54, 1.807) is 0 Å². The number of piperidine rings is 2. The molecule has 1 unspecified atom stereocenters. The quantitative estimate of drug-likeness (QED) is 0.744. The zero-order chi connectivity index (χ0) is 10.8. The van der Waals surface area contributed by atoms with Gasteiger partial charge in [0, 0.05) is 32.2 Å². The predicted molar refractivity (Wildman–Crippen MR) is 61.8 cm³/mol. The predicted octanol–water partition coefficient (Wildman–Crippen LogP) is 0.641. The number of hydrogen-bond donors (Lipinski definition) is 1. The first kappa shape index (κ1) is 11.4. The highest BCUT2D eigenvalue weighted by molar-refractivity contribution is 4.88. The molecular formula is C12H24N2O. The highest BCUT2D eigenvalue weighted by atomic mass is 16.3. The Morgan fingerprint density at radius 1 is 1.20 bits per heavy atom. The van der Waals surface area contributed by atoms with Crippen molar-refractivity contribution in [2.75, 3.05) is 39.8 Å². The Kier molecular flexibility index (Phi) is 3.65. The van der Waals surface area contributed by atoms with Gasteiger partial charge in [-0.1, -0.05) is 6.92 Å². The molecular weight excluding hydrogens is 188 g/mol. The minimum absolute atomic E-state index is 0.325. The molecule has 0 saturated carbocycles. The van der Waals surface area contributed by atoms with Crippen molar-refractivity contribution in [2.45, 2.75) is 25.8 Å². The van der Waals surface area contributed by atoms with Crippen molar-refractivity contribution in [2.24, 2.45) is 11.8 Å². The lowest BCUT2D eigenvalue weighted by Crippen LogP contribution is -2.54. The molecule has 0 spiro atoms. The monoisotopic (exact) mass is 212 g/mol. The van der Waals surface area contributed by atoms with E-state index in [9.17, 15) is 5.11 Å². The summed E-state index contributed by atoms with van der Waals surface area (Å²) in [5, 5.41) is 9.34. The number of likely N-dealkylation sites (tertiary alicyclic amines) is 2. The summed E-state index contributed by atoms with van der Waals surface area (Å²) in [5.74, 6) is 1.67. The first-order valence-electron chi connectivity index (χ1n) is 6.26. The van der Waals surface area contributed by atoms with Gasteiger partial charge in [0.15, 0.2) is 0 Å². The summed E-state index contributed by atoms with van der Waals surface area (Å²) >= 11 is 0. The number of rotatable bonds is 3. The van der Waals surface area contributed by atoms with Crippen molar-refractivity contribution in [1.29, 1.82) is 0 Å². The van der Waals surface area contributed by atoms with Gasteiger partial charge in [-0.25, -0.2) is 0 Å². The fraction of sp³-hybridized carbons (Fsp3) is 1.00. The van der Waals surface area contributed by atoms with Gasteiger partial charge in [0.1, 0.15) is 0 Å². The smallest absolute Gasteiger partial charge is 0.0586 e. The van der Waals surface area contributed by atoms with E-state index in [0.29, 0.717) is 12.6 Å². The first-order chi connectivity index (χ1) is 7.22. The first-order valence-corrected chi connectivity index (χ1v) is 6.26. The molecule has 0 aromatic rings. The fourth-order valence-electron chi connectivity index (χ4n) is 3.38. The molecule has 3 atom stereocenters. The number of nitrogens with zero attached hydrogens (tertiary/aromatic N) is 2. The van der Waals surface area contributed by atoms with Gasteiger partial charge in [-0.15, -0.1) is 0 Å². The molecule has 15 heavy (non-hydrogen) atoms. The molecule has 0 aliphatic carbocycles. The number of hydrogen-bond acceptors (Lipinski definition) is 3. The Balaban J connectivity index is 1.95. The third kappa shape index (κ3) is 2.52. The van der Waals surface area contributed by atoms with Crippen LogP contribution in [0.3, 0.4) is 0 Å². The van der Waals surface area contributed by atoms with Crippen LogP contribution in [0.2, 0.25) is 0 Å². The van der Waals surface area contributed by atoms with Gasteiger partial charge >= 0.3 is 0 Å². The molecule has 2 aliphatic rings. The molecule has 0 radical (unpaired) electrons. The van der Waals surface area contributed by atoms with Gasteiger partial charge in [0.2, 0.25) is 0 Å². The molecule has 2 heterocycles. The van der Waals surface area contributed by atoms with Crippen LogP contribution in [0.4, 0.5) is 0 Å². The molecule has 2 rings (SSSR count). The van der Waals surface area contributed by atoms with Crippen molar-refractivity contribution in [3.05, 3.63) is 0 Å². The van der Waals surface area contributed by atoms with Crippen LogP contribution in [-0.2, 0) is 0 Å². The van der Waals surface area contributed by atoms with Gasteiger partial charge in [-0.05, 0) is 31.7 Å². The van der Waals surface area contributed by atoms with Crippen LogP contribution in [0.15, 0.2) is 0 Å². The lowest BCUT2D eigenvalue weighted by atomic mass is 9.84. The lowest BCUT2D eigenvalue weighted by Gasteiger charge is -2.47. The van der Waals surface area contributed by atoms with Crippen molar-refractivity contribution >= 4 is 0 Å². The lowest BCUT2D eigenvalue weighted by molar-refractivity contribution is 0.00445. The minimum Gasteiger partial charge on any atom is -0.395 e. The summed E-state index contributed by atoms with van der Waals surface area (Å²) in [7, 11) is 2.23.